The van der Waals surface area contributed by atoms with Crippen LogP contribution in [-0.2, 0) is 4.79 Å². The first-order chi connectivity index (χ1) is 8.60. The topological polar surface area (TPSA) is 75.1 Å². The highest BCUT2D eigenvalue weighted by atomic mass is 32.2. The predicted molar refractivity (Wildman–Crippen MR) is 69.6 cm³/mol. The minimum atomic E-state index is -0.837. The lowest BCUT2D eigenvalue weighted by Crippen LogP contribution is -2.50. The van der Waals surface area contributed by atoms with E-state index < -0.39 is 11.5 Å². The lowest BCUT2D eigenvalue weighted by molar-refractivity contribution is -0.144. The number of rotatable bonds is 7. The quantitative estimate of drug-likeness (QED) is 0.730. The summed E-state index contributed by atoms with van der Waals surface area (Å²) < 4.78 is 0. The summed E-state index contributed by atoms with van der Waals surface area (Å²) in [4.78, 5) is 19.5. The van der Waals surface area contributed by atoms with Gasteiger partial charge in [-0.1, -0.05) is 0 Å². The van der Waals surface area contributed by atoms with Gasteiger partial charge in [-0.2, -0.15) is 0 Å². The van der Waals surface area contributed by atoms with Crippen LogP contribution in [-0.4, -0.2) is 38.4 Å². The van der Waals surface area contributed by atoms with Gasteiger partial charge in [0, 0.05) is 24.2 Å². The van der Waals surface area contributed by atoms with Crippen molar-refractivity contribution < 1.29 is 9.90 Å². The van der Waals surface area contributed by atoms with Crippen molar-refractivity contribution in [3.63, 3.8) is 0 Å². The Bertz CT molecular complexity index is 411. The predicted octanol–water partition coefficient (Wildman–Crippen LogP) is 1.55. The Hall–Kier alpha value is -1.14. The van der Waals surface area contributed by atoms with Crippen LogP contribution in [0.4, 0.5) is 0 Å². The first-order valence-corrected chi connectivity index (χ1v) is 6.99. The zero-order chi connectivity index (χ0) is 13.0. The first-order valence-electron chi connectivity index (χ1n) is 6.00. The fraction of sp³-hybridized carbons (Fsp3) is 0.583. The molecule has 0 radical (unpaired) electrons. The second-order valence-electron chi connectivity index (χ2n) is 4.70. The Morgan fingerprint density at radius 1 is 1.61 bits per heavy atom. The average Bonchev–Trinajstić information content (AvgIpc) is 3.14. The lowest BCUT2D eigenvalue weighted by Gasteiger charge is -2.26. The molecule has 6 heteroatoms. The van der Waals surface area contributed by atoms with Crippen molar-refractivity contribution in [1.29, 1.82) is 0 Å². The van der Waals surface area contributed by atoms with E-state index in [1.807, 2.05) is 0 Å². The summed E-state index contributed by atoms with van der Waals surface area (Å²) in [5.74, 6) is -0.0737. The van der Waals surface area contributed by atoms with E-state index in [-0.39, 0.29) is 0 Å². The van der Waals surface area contributed by atoms with Gasteiger partial charge >= 0.3 is 5.97 Å². The Balaban J connectivity index is 1.84. The molecule has 0 saturated heterocycles. The lowest BCUT2D eigenvalue weighted by atomic mass is 9.99. The van der Waals surface area contributed by atoms with Crippen LogP contribution >= 0.6 is 11.8 Å². The summed E-state index contributed by atoms with van der Waals surface area (Å²) in [6.07, 6.45) is 7.69. The molecule has 1 unspecified atom stereocenters. The summed E-state index contributed by atoms with van der Waals surface area (Å²) in [5, 5.41) is 13.3. The molecule has 5 nitrogen and oxygen atoms in total. The highest BCUT2D eigenvalue weighted by molar-refractivity contribution is 7.99. The number of nitrogens with one attached hydrogen (secondary N) is 1. The largest absolute Gasteiger partial charge is 0.480 e. The molecule has 1 heterocycles. The molecule has 0 aliphatic heterocycles. The van der Waals surface area contributed by atoms with Gasteiger partial charge < -0.3 is 5.11 Å². The maximum atomic E-state index is 11.3. The summed E-state index contributed by atoms with van der Waals surface area (Å²) in [7, 11) is 0. The second-order valence-corrected chi connectivity index (χ2v) is 5.81. The highest BCUT2D eigenvalue weighted by Gasteiger charge is 2.37. The van der Waals surface area contributed by atoms with Gasteiger partial charge in [-0.05, 0) is 26.2 Å². The Morgan fingerprint density at radius 2 is 2.39 bits per heavy atom. The van der Waals surface area contributed by atoms with Crippen molar-refractivity contribution in [2.24, 2.45) is 0 Å². The van der Waals surface area contributed by atoms with Gasteiger partial charge in [0.2, 0.25) is 0 Å². The van der Waals surface area contributed by atoms with Crippen LogP contribution in [0.5, 0.6) is 0 Å². The van der Waals surface area contributed by atoms with E-state index in [0.29, 0.717) is 18.2 Å². The molecule has 1 aliphatic rings. The smallest absolute Gasteiger partial charge is 0.323 e. The summed E-state index contributed by atoms with van der Waals surface area (Å²) in [6.45, 7) is 1.75. The molecular weight excluding hydrogens is 250 g/mol. The van der Waals surface area contributed by atoms with E-state index in [1.54, 1.807) is 25.5 Å². The van der Waals surface area contributed by atoms with Gasteiger partial charge in [-0.25, -0.2) is 4.98 Å². The summed E-state index contributed by atoms with van der Waals surface area (Å²) in [5.41, 5.74) is -0.837. The van der Waals surface area contributed by atoms with Crippen LogP contribution in [0.15, 0.2) is 23.6 Å². The van der Waals surface area contributed by atoms with E-state index >= 15 is 0 Å². The second kappa shape index (κ2) is 5.67. The van der Waals surface area contributed by atoms with Crippen LogP contribution in [0.25, 0.3) is 0 Å². The third-order valence-electron chi connectivity index (χ3n) is 2.96. The maximum Gasteiger partial charge on any atom is 0.323 e. The standard InChI is InChI=1S/C12H17N3O2S/c1-12(11(16)17,15-9-2-3-9)4-7-18-10-8-13-5-6-14-10/h5-6,8-9,15H,2-4,7H2,1H3,(H,16,17). The van der Waals surface area contributed by atoms with Crippen molar-refractivity contribution >= 4 is 17.7 Å². The van der Waals surface area contributed by atoms with Gasteiger partial charge in [0.05, 0.1) is 6.20 Å². The normalized spacial score (nSPS) is 18.3. The number of thioether (sulfide) groups is 1. The van der Waals surface area contributed by atoms with Gasteiger partial charge in [-0.3, -0.25) is 15.1 Å². The van der Waals surface area contributed by atoms with Gasteiger partial charge in [0.25, 0.3) is 0 Å². The van der Waals surface area contributed by atoms with E-state index in [1.165, 1.54) is 11.8 Å². The Kier molecular flexibility index (Phi) is 4.19. The van der Waals surface area contributed by atoms with Crippen LogP contribution in [0.1, 0.15) is 26.2 Å². The number of hydrogen-bond acceptors (Lipinski definition) is 5. The van der Waals surface area contributed by atoms with Crippen molar-refractivity contribution in [2.45, 2.75) is 42.8 Å². The molecule has 18 heavy (non-hydrogen) atoms. The monoisotopic (exact) mass is 267 g/mol. The number of carbonyl (C=O) groups is 1. The van der Waals surface area contributed by atoms with E-state index in [0.717, 1.165) is 17.9 Å². The zero-order valence-corrected chi connectivity index (χ0v) is 11.1. The van der Waals surface area contributed by atoms with Crippen LogP contribution in [0.2, 0.25) is 0 Å². The molecule has 0 aromatic carbocycles. The van der Waals surface area contributed by atoms with Crippen LogP contribution in [0, 0.1) is 0 Å². The number of aliphatic carboxylic acids is 1. The third-order valence-corrected chi connectivity index (χ3v) is 3.88. The van der Waals surface area contributed by atoms with Crippen molar-refractivity contribution in [2.75, 3.05) is 5.75 Å². The molecule has 0 amide bonds. The van der Waals surface area contributed by atoms with Crippen molar-refractivity contribution in [1.82, 2.24) is 15.3 Å². The molecule has 1 fully saturated rings. The Morgan fingerprint density at radius 3 is 2.94 bits per heavy atom. The fourth-order valence-corrected chi connectivity index (χ4v) is 2.63. The highest BCUT2D eigenvalue weighted by Crippen LogP contribution is 2.26. The van der Waals surface area contributed by atoms with E-state index in [4.69, 9.17) is 0 Å². The maximum absolute atomic E-state index is 11.3. The first kappa shape index (κ1) is 13.3. The minimum absolute atomic E-state index is 0.382. The number of carboxylic acids is 1. The van der Waals surface area contributed by atoms with Crippen molar-refractivity contribution in [3.8, 4) is 0 Å². The average molecular weight is 267 g/mol. The van der Waals surface area contributed by atoms with Crippen LogP contribution < -0.4 is 5.32 Å². The van der Waals surface area contributed by atoms with Gasteiger partial charge in [0.15, 0.2) is 0 Å². The molecule has 1 atom stereocenters. The number of aromatic nitrogens is 2. The molecule has 98 valence electrons. The minimum Gasteiger partial charge on any atom is -0.480 e. The molecule has 0 bridgehead atoms. The molecule has 2 rings (SSSR count). The van der Waals surface area contributed by atoms with Crippen LogP contribution in [0.3, 0.4) is 0 Å². The molecule has 1 saturated carbocycles. The molecular formula is C12H17N3O2S. The summed E-state index contributed by atoms with van der Waals surface area (Å²) >= 11 is 1.54. The summed E-state index contributed by atoms with van der Waals surface area (Å²) in [6, 6.07) is 0.382. The van der Waals surface area contributed by atoms with Crippen molar-refractivity contribution in [3.05, 3.63) is 18.6 Å². The molecule has 1 aromatic heterocycles. The number of hydrogen-bond donors (Lipinski definition) is 2. The van der Waals surface area contributed by atoms with E-state index in [2.05, 4.69) is 15.3 Å². The zero-order valence-electron chi connectivity index (χ0n) is 10.3. The number of carboxylic acid groups (broad SMARTS) is 1. The molecule has 2 N–H and O–H groups in total. The molecule has 1 aliphatic carbocycles. The van der Waals surface area contributed by atoms with Gasteiger partial charge in [-0.15, -0.1) is 11.8 Å². The number of nitrogens with zero attached hydrogens (tertiary/aromatic N) is 2. The third kappa shape index (κ3) is 3.68. The SMILES string of the molecule is CC(CCSc1cnccn1)(NC1CC1)C(=O)O. The van der Waals surface area contributed by atoms with E-state index in [9.17, 15) is 9.90 Å². The Labute approximate surface area is 110 Å². The van der Waals surface area contributed by atoms with Gasteiger partial charge in [0.1, 0.15) is 10.6 Å². The molecule has 1 aromatic rings. The fourth-order valence-electron chi connectivity index (χ4n) is 1.64. The molecule has 0 spiro atoms.